The van der Waals surface area contributed by atoms with Gasteiger partial charge in [-0.25, -0.2) is 0 Å². The number of ketones is 1. The minimum absolute atomic E-state index is 0.815. The van der Waals surface area contributed by atoms with Gasteiger partial charge in [0, 0.05) is 6.54 Å². The maximum absolute atomic E-state index is 13.5. The lowest BCUT2D eigenvalue weighted by Gasteiger charge is -2.65. The number of likely N-dealkylation sites (tertiary alicyclic amines) is 1. The monoisotopic (exact) mass is 699 g/mol. The minimum Gasteiger partial charge on any atom is -0.504 e. The van der Waals surface area contributed by atoms with Crippen molar-refractivity contribution >= 4 is 5.78 Å². The number of rotatable bonds is 6. The first-order valence-corrected chi connectivity index (χ1v) is 12.6. The van der Waals surface area contributed by atoms with Crippen LogP contribution in [0.2, 0.25) is 0 Å². The summed E-state index contributed by atoms with van der Waals surface area (Å²) in [4.78, 5) is 12.3. The van der Waals surface area contributed by atoms with E-state index in [9.17, 15) is 107 Å². The van der Waals surface area contributed by atoms with Gasteiger partial charge < -0.3 is 112 Å². The number of Topliss-reactive ketones (excluding diaryl/α,β-unsaturated/α-hetero) is 1. The third-order valence-corrected chi connectivity index (χ3v) is 8.46. The minimum atomic E-state index is -5.71. The van der Waals surface area contributed by atoms with E-state index in [1.165, 1.54) is 0 Å². The Balaban J connectivity index is 2.00. The Labute approximate surface area is 263 Å². The number of carbonyl (C=O) groups excluding carboxylic acids is 1. The van der Waals surface area contributed by atoms with Crippen molar-refractivity contribution in [1.82, 2.24) is 4.90 Å². The average Bonchev–Trinajstić information content (AvgIpc) is 3.20. The van der Waals surface area contributed by atoms with Crippen LogP contribution in [0.3, 0.4) is 0 Å². The maximum atomic E-state index is 13.5. The molecule has 1 unspecified atom stereocenters. The number of hydrogen-bond donors (Lipinski definition) is 20. The van der Waals surface area contributed by atoms with Gasteiger partial charge in [0.25, 0.3) is 23.4 Å². The molecule has 1 aliphatic carbocycles. The summed E-state index contributed by atoms with van der Waals surface area (Å²) in [5.74, 6) is -50.8. The van der Waals surface area contributed by atoms with E-state index in [0.717, 1.165) is 14.2 Å². The van der Waals surface area contributed by atoms with Crippen LogP contribution >= 0.6 is 0 Å². The van der Waals surface area contributed by atoms with Crippen molar-refractivity contribution in [3.8, 4) is 51.7 Å². The molecule has 48 heavy (non-hydrogen) atoms. The second-order valence-electron chi connectivity index (χ2n) is 10.9. The Morgan fingerprint density at radius 2 is 1.00 bits per heavy atom. The zero-order valence-corrected chi connectivity index (χ0v) is 23.9. The number of piperidine rings is 1. The van der Waals surface area contributed by atoms with Crippen LogP contribution in [0.1, 0.15) is 21.5 Å². The first-order valence-electron chi connectivity index (χ1n) is 12.6. The molecule has 1 aliphatic heterocycles. The molecule has 20 N–H and O–H groups in total. The molecule has 4 rings (SSSR count). The van der Waals surface area contributed by atoms with Crippen molar-refractivity contribution in [2.75, 3.05) is 14.2 Å². The molecule has 1 atom stereocenters. The Bertz CT molecular complexity index is 1650. The fourth-order valence-corrected chi connectivity index (χ4v) is 5.90. The largest absolute Gasteiger partial charge is 0.504 e. The lowest BCUT2D eigenvalue weighted by Crippen LogP contribution is -2.97. The number of methoxy groups -OCH3 is 2. The van der Waals surface area contributed by atoms with Crippen molar-refractivity contribution in [1.29, 1.82) is 0 Å². The van der Waals surface area contributed by atoms with Gasteiger partial charge in [-0.2, -0.15) is 4.90 Å². The van der Waals surface area contributed by atoms with E-state index < -0.39 is 132 Å². The highest BCUT2D eigenvalue weighted by Gasteiger charge is 2.92. The van der Waals surface area contributed by atoms with Crippen LogP contribution in [0.4, 0.5) is 0 Å². The predicted molar refractivity (Wildman–Crippen MR) is 138 cm³/mol. The number of aliphatic hydroxyl groups is 13. The van der Waals surface area contributed by atoms with Gasteiger partial charge in [0.05, 0.1) is 30.9 Å². The number of benzene rings is 2. The average molecular weight is 699 g/mol. The quantitative estimate of drug-likeness (QED) is 0.0756. The van der Waals surface area contributed by atoms with E-state index in [2.05, 4.69) is 0 Å². The number of phenolic OH excluding ortho intramolecular Hbond substituents is 7. The van der Waals surface area contributed by atoms with Crippen LogP contribution < -0.4 is 9.47 Å². The molecule has 268 valence electrons. The van der Waals surface area contributed by atoms with Gasteiger partial charge in [0.15, 0.2) is 28.8 Å². The molecule has 24 heteroatoms. The van der Waals surface area contributed by atoms with Crippen LogP contribution in [-0.2, 0) is 12.3 Å². The first-order chi connectivity index (χ1) is 21.5. The smallest absolute Gasteiger partial charge is 0.290 e. The molecule has 2 aliphatic rings. The Morgan fingerprint density at radius 3 is 1.40 bits per heavy atom. The molecule has 0 amide bonds. The van der Waals surface area contributed by atoms with Gasteiger partial charge >= 0.3 is 0 Å². The van der Waals surface area contributed by atoms with Gasteiger partial charge in [-0.05, 0) is 0 Å². The van der Waals surface area contributed by atoms with Crippen molar-refractivity contribution in [2.24, 2.45) is 5.92 Å². The molecule has 1 fully saturated rings. The lowest BCUT2D eigenvalue weighted by atomic mass is 9.64. The van der Waals surface area contributed by atoms with E-state index in [4.69, 9.17) is 9.47 Å². The molecule has 0 aromatic heterocycles. The number of phenols is 7. The van der Waals surface area contributed by atoms with Gasteiger partial charge in [-0.3, -0.25) is 4.79 Å². The van der Waals surface area contributed by atoms with Crippen molar-refractivity contribution < 1.29 is 116 Å². The summed E-state index contributed by atoms with van der Waals surface area (Å²) in [6.45, 7) is -2.12. The van der Waals surface area contributed by atoms with Crippen molar-refractivity contribution in [3.63, 3.8) is 0 Å². The van der Waals surface area contributed by atoms with Gasteiger partial charge in [0.2, 0.25) is 45.9 Å². The summed E-state index contributed by atoms with van der Waals surface area (Å²) in [6.07, 6.45) is 0. The number of hydrogen-bond acceptors (Lipinski definition) is 24. The number of ether oxygens (including phenoxy) is 2. The highest BCUT2D eigenvalue weighted by molar-refractivity contribution is 6.08. The van der Waals surface area contributed by atoms with Crippen LogP contribution in [0, 0.1) is 5.92 Å². The molecular weight excluding hydrogens is 670 g/mol. The van der Waals surface area contributed by atoms with Crippen LogP contribution in [0.5, 0.6) is 51.7 Å². The Morgan fingerprint density at radius 1 is 0.625 bits per heavy atom. The summed E-state index contributed by atoms with van der Waals surface area (Å²) < 4.78 is 9.52. The van der Waals surface area contributed by atoms with Gasteiger partial charge in [-0.15, -0.1) is 0 Å². The topological polar surface area (TPSA) is 443 Å². The van der Waals surface area contributed by atoms with Crippen molar-refractivity contribution in [2.45, 2.75) is 47.1 Å². The lowest BCUT2D eigenvalue weighted by molar-refractivity contribution is -0.622. The van der Waals surface area contributed by atoms with Crippen LogP contribution in [0.15, 0.2) is 0 Å². The SMILES string of the molecule is COc1c(O)c2c(c(O)c1OC)C(O)(O)C(C(O)(O)C1(O)C(O)(O)C(O)(O)N(Cc3c(O)c(O)c(O)c(O)c3O)C(O)(O)C1(O)O)C2=O. The summed E-state index contributed by atoms with van der Waals surface area (Å²) in [5, 5.41) is 213. The zero-order chi connectivity index (χ0) is 37.3. The summed E-state index contributed by atoms with van der Waals surface area (Å²) >= 11 is 0. The maximum Gasteiger partial charge on any atom is 0.290 e. The second kappa shape index (κ2) is 10.1. The molecule has 1 saturated heterocycles. The predicted octanol–water partition coefficient (Wildman–Crippen LogP) is -7.84. The summed E-state index contributed by atoms with van der Waals surface area (Å²) in [5.41, 5.74) is -10.3. The number of nitrogens with zero attached hydrogens (tertiary/aromatic N) is 1. The third kappa shape index (κ3) is 3.82. The highest BCUT2D eigenvalue weighted by Crippen LogP contribution is 2.63. The van der Waals surface area contributed by atoms with Crippen LogP contribution in [-0.4, -0.2) is 162 Å². The molecular formula is C24H29NO23. The zero-order valence-electron chi connectivity index (χ0n) is 23.9. The first kappa shape index (κ1) is 36.6. The second-order valence-corrected chi connectivity index (χ2v) is 10.9. The molecule has 2 aromatic carbocycles. The Hall–Kier alpha value is -4.25. The fraction of sp³-hybridized carbons (Fsp3) is 0.458. The molecule has 24 nitrogen and oxygen atoms in total. The van der Waals surface area contributed by atoms with E-state index in [-0.39, 0.29) is 0 Å². The summed E-state index contributed by atoms with van der Waals surface area (Å²) in [6, 6.07) is 0. The molecule has 1 heterocycles. The molecule has 0 saturated carbocycles. The standard InChI is InChI=1S/C24H29NO23/c1-47-15-9(28)5-6(11(30)16(15)48-2)18(34,35)17(10(5)29)19(36,37)20(38)21(39,40)23(43,44)25(24(45,46)22(20,41)42)3-4-7(26)12(31)14(33)13(32)8(4)27/h17,26-28,30-46H,3H2,1-2H3. The van der Waals surface area contributed by atoms with E-state index in [1.807, 2.05) is 0 Å². The van der Waals surface area contributed by atoms with E-state index >= 15 is 0 Å². The Kier molecular flexibility index (Phi) is 7.72. The normalized spacial score (nSPS) is 23.5. The molecule has 0 bridgehead atoms. The number of carbonyl (C=O) groups is 1. The van der Waals surface area contributed by atoms with E-state index in [1.54, 1.807) is 0 Å². The van der Waals surface area contributed by atoms with Gasteiger partial charge in [-0.1, -0.05) is 0 Å². The van der Waals surface area contributed by atoms with Gasteiger partial charge in [0.1, 0.15) is 5.92 Å². The molecule has 2 aromatic rings. The number of aromatic hydroxyl groups is 7. The molecule has 0 radical (unpaired) electrons. The highest BCUT2D eigenvalue weighted by atomic mass is 16.7. The number of fused-ring (bicyclic) bond motifs is 1. The molecule has 0 spiro atoms. The van der Waals surface area contributed by atoms with Crippen molar-refractivity contribution in [3.05, 3.63) is 16.7 Å². The fourth-order valence-electron chi connectivity index (χ4n) is 5.90. The summed E-state index contributed by atoms with van der Waals surface area (Å²) in [7, 11) is 1.64. The van der Waals surface area contributed by atoms with E-state index in [0.29, 0.717) is 0 Å². The third-order valence-electron chi connectivity index (χ3n) is 8.46. The van der Waals surface area contributed by atoms with Crippen LogP contribution in [0.25, 0.3) is 0 Å².